The summed E-state index contributed by atoms with van der Waals surface area (Å²) in [5, 5.41) is 14.1. The summed E-state index contributed by atoms with van der Waals surface area (Å²) in [6, 6.07) is 15.1. The number of carboxylic acids is 1. The van der Waals surface area contributed by atoms with Crippen LogP contribution in [0.5, 0.6) is 0 Å². The van der Waals surface area contributed by atoms with Crippen LogP contribution in [0.3, 0.4) is 0 Å². The van der Waals surface area contributed by atoms with Crippen molar-refractivity contribution in [3.63, 3.8) is 0 Å². The maximum Gasteiger partial charge on any atom is 0.336 e. The van der Waals surface area contributed by atoms with Gasteiger partial charge >= 0.3 is 5.97 Å². The van der Waals surface area contributed by atoms with Gasteiger partial charge in [0.1, 0.15) is 5.82 Å². The van der Waals surface area contributed by atoms with E-state index in [1.165, 1.54) is 0 Å². The van der Waals surface area contributed by atoms with Crippen molar-refractivity contribution in [2.45, 2.75) is 52.5 Å². The minimum atomic E-state index is -0.916. The average Bonchev–Trinajstić information content (AvgIpc) is 3.05. The maximum absolute atomic E-state index is 11.5. The van der Waals surface area contributed by atoms with E-state index in [1.807, 2.05) is 41.1 Å². The lowest BCUT2D eigenvalue weighted by Gasteiger charge is -2.18. The smallest absolute Gasteiger partial charge is 0.336 e. The maximum atomic E-state index is 11.5. The fraction of sp³-hybridized carbons (Fsp3) is 0.348. The Bertz CT molecular complexity index is 966. The fourth-order valence-electron chi connectivity index (χ4n) is 3.27. The van der Waals surface area contributed by atoms with Crippen molar-refractivity contribution in [2.75, 3.05) is 0 Å². The number of hydrogen-bond donors (Lipinski definition) is 1. The lowest BCUT2D eigenvalue weighted by Crippen LogP contribution is -2.20. The fourth-order valence-corrected chi connectivity index (χ4v) is 3.27. The molecular weight excluding hydrogens is 350 g/mol. The van der Waals surface area contributed by atoms with Gasteiger partial charge in [-0.3, -0.25) is 0 Å². The van der Waals surface area contributed by atoms with Gasteiger partial charge in [-0.25, -0.2) is 14.5 Å². The Balaban J connectivity index is 1.89. The summed E-state index contributed by atoms with van der Waals surface area (Å²) in [5.41, 5.74) is 2.95. The zero-order chi connectivity index (χ0) is 20.3. The molecule has 0 atom stereocenters. The molecule has 0 amide bonds. The molecule has 5 nitrogen and oxygen atoms in total. The molecule has 3 rings (SSSR count). The van der Waals surface area contributed by atoms with Gasteiger partial charge in [-0.05, 0) is 29.2 Å². The number of nitrogens with zero attached hydrogens (tertiary/aromatic N) is 3. The van der Waals surface area contributed by atoms with Crippen LogP contribution in [0.4, 0.5) is 0 Å². The van der Waals surface area contributed by atoms with E-state index in [0.29, 0.717) is 12.1 Å². The van der Waals surface area contributed by atoms with E-state index in [0.717, 1.165) is 41.2 Å². The van der Waals surface area contributed by atoms with Crippen molar-refractivity contribution in [2.24, 2.45) is 0 Å². The van der Waals surface area contributed by atoms with Crippen LogP contribution in [-0.2, 0) is 18.4 Å². The van der Waals surface area contributed by atoms with E-state index < -0.39 is 5.97 Å². The normalized spacial score (nSPS) is 11.6. The van der Waals surface area contributed by atoms with Gasteiger partial charge in [0.15, 0.2) is 5.82 Å². The van der Waals surface area contributed by atoms with Crippen LogP contribution < -0.4 is 0 Å². The zero-order valence-corrected chi connectivity index (χ0v) is 16.9. The van der Waals surface area contributed by atoms with Crippen molar-refractivity contribution in [1.29, 1.82) is 0 Å². The summed E-state index contributed by atoms with van der Waals surface area (Å²) in [4.78, 5) is 16.2. The topological polar surface area (TPSA) is 68.0 Å². The first kappa shape index (κ1) is 19.8. The van der Waals surface area contributed by atoms with Crippen molar-refractivity contribution in [3.05, 3.63) is 71.3 Å². The number of carboxylic acid groups (broad SMARTS) is 1. The monoisotopic (exact) mass is 377 g/mol. The Morgan fingerprint density at radius 2 is 1.75 bits per heavy atom. The number of hydrogen-bond acceptors (Lipinski definition) is 3. The highest BCUT2D eigenvalue weighted by molar-refractivity contribution is 5.95. The lowest BCUT2D eigenvalue weighted by atomic mass is 9.95. The molecule has 3 aromatic rings. The average molecular weight is 377 g/mol. The van der Waals surface area contributed by atoms with E-state index in [9.17, 15) is 9.90 Å². The van der Waals surface area contributed by atoms with Crippen molar-refractivity contribution < 1.29 is 9.90 Å². The molecule has 1 aromatic heterocycles. The molecule has 1 heterocycles. The molecule has 2 aromatic carbocycles. The number of aromatic nitrogens is 3. The number of rotatable bonds is 6. The second-order valence-corrected chi connectivity index (χ2v) is 8.06. The first-order valence-electron chi connectivity index (χ1n) is 9.65. The molecule has 0 bridgehead atoms. The predicted molar refractivity (Wildman–Crippen MR) is 111 cm³/mol. The Hall–Kier alpha value is -2.95. The van der Waals surface area contributed by atoms with Gasteiger partial charge in [0.25, 0.3) is 0 Å². The molecule has 0 saturated carbocycles. The predicted octanol–water partition coefficient (Wildman–Crippen LogP) is 4.94. The van der Waals surface area contributed by atoms with Gasteiger partial charge in [-0.15, -0.1) is 0 Å². The van der Waals surface area contributed by atoms with Crippen LogP contribution >= 0.6 is 0 Å². The minimum Gasteiger partial charge on any atom is -0.478 e. The van der Waals surface area contributed by atoms with E-state index in [-0.39, 0.29) is 5.41 Å². The third-order valence-corrected chi connectivity index (χ3v) is 4.61. The molecule has 28 heavy (non-hydrogen) atoms. The van der Waals surface area contributed by atoms with Crippen molar-refractivity contribution >= 4 is 5.97 Å². The second-order valence-electron chi connectivity index (χ2n) is 8.06. The molecule has 0 spiro atoms. The Kier molecular flexibility index (Phi) is 5.63. The Morgan fingerprint density at radius 3 is 2.36 bits per heavy atom. The summed E-state index contributed by atoms with van der Waals surface area (Å²) in [7, 11) is 0. The molecule has 5 heteroatoms. The Labute approximate surface area is 166 Å². The molecule has 146 valence electrons. The first-order chi connectivity index (χ1) is 13.3. The minimum absolute atomic E-state index is 0.0840. The molecule has 0 aliphatic rings. The highest BCUT2D eigenvalue weighted by Gasteiger charge is 2.23. The van der Waals surface area contributed by atoms with Crippen LogP contribution in [0.2, 0.25) is 0 Å². The SMILES string of the molecule is CCCc1nc(C(C)(C)C)n(Cc2ccc(-c3ccccc3C(=O)O)cc2)n1. The first-order valence-corrected chi connectivity index (χ1v) is 9.65. The number of benzene rings is 2. The van der Waals surface area contributed by atoms with E-state index in [2.05, 4.69) is 27.7 Å². The van der Waals surface area contributed by atoms with Crippen LogP contribution in [0.15, 0.2) is 48.5 Å². The summed E-state index contributed by atoms with van der Waals surface area (Å²) in [6.07, 6.45) is 1.90. The summed E-state index contributed by atoms with van der Waals surface area (Å²) in [6.45, 7) is 9.22. The summed E-state index contributed by atoms with van der Waals surface area (Å²) >= 11 is 0. The number of aryl methyl sites for hydroxylation is 1. The molecule has 0 aliphatic carbocycles. The molecule has 0 fully saturated rings. The zero-order valence-electron chi connectivity index (χ0n) is 16.9. The largest absolute Gasteiger partial charge is 0.478 e. The standard InChI is InChI=1S/C23H27N3O2/c1-5-8-20-24-22(23(2,3)4)26(25-20)15-16-11-13-17(14-12-16)18-9-6-7-10-19(18)21(27)28/h6-7,9-14H,5,8,15H2,1-4H3,(H,27,28). The van der Waals surface area contributed by atoms with E-state index >= 15 is 0 Å². The van der Waals surface area contributed by atoms with Crippen LogP contribution in [0.25, 0.3) is 11.1 Å². The third kappa shape index (κ3) is 4.30. The van der Waals surface area contributed by atoms with E-state index in [1.54, 1.807) is 12.1 Å². The van der Waals surface area contributed by atoms with Gasteiger partial charge < -0.3 is 5.11 Å². The molecule has 1 N–H and O–H groups in total. The molecular formula is C23H27N3O2. The van der Waals surface area contributed by atoms with Gasteiger partial charge in [-0.2, -0.15) is 5.10 Å². The molecule has 0 aliphatic heterocycles. The van der Waals surface area contributed by atoms with Crippen LogP contribution in [-0.4, -0.2) is 25.8 Å². The Morgan fingerprint density at radius 1 is 1.07 bits per heavy atom. The quantitative estimate of drug-likeness (QED) is 0.660. The van der Waals surface area contributed by atoms with Crippen LogP contribution in [0, 0.1) is 0 Å². The third-order valence-electron chi connectivity index (χ3n) is 4.61. The van der Waals surface area contributed by atoms with E-state index in [4.69, 9.17) is 10.1 Å². The summed E-state index contributed by atoms with van der Waals surface area (Å²) < 4.78 is 1.99. The van der Waals surface area contributed by atoms with Gasteiger partial charge in [0.05, 0.1) is 12.1 Å². The number of aromatic carboxylic acids is 1. The van der Waals surface area contributed by atoms with Gasteiger partial charge in [-0.1, -0.05) is 70.2 Å². The molecule has 0 unspecified atom stereocenters. The van der Waals surface area contributed by atoms with Gasteiger partial charge in [0, 0.05) is 11.8 Å². The summed E-state index contributed by atoms with van der Waals surface area (Å²) in [5.74, 6) is 0.955. The highest BCUT2D eigenvalue weighted by atomic mass is 16.4. The lowest BCUT2D eigenvalue weighted by molar-refractivity contribution is 0.0697. The van der Waals surface area contributed by atoms with Crippen LogP contribution in [0.1, 0.15) is 61.7 Å². The van der Waals surface area contributed by atoms with Crippen molar-refractivity contribution in [3.8, 4) is 11.1 Å². The van der Waals surface area contributed by atoms with Crippen molar-refractivity contribution in [1.82, 2.24) is 14.8 Å². The second kappa shape index (κ2) is 7.97. The number of carbonyl (C=O) groups is 1. The highest BCUT2D eigenvalue weighted by Crippen LogP contribution is 2.25. The molecule has 0 saturated heterocycles. The molecule has 0 radical (unpaired) electrons. The van der Waals surface area contributed by atoms with Gasteiger partial charge in [0.2, 0.25) is 0 Å².